The third kappa shape index (κ3) is 3.38. The summed E-state index contributed by atoms with van der Waals surface area (Å²) in [5, 5.41) is 3.83. The highest BCUT2D eigenvalue weighted by Crippen LogP contribution is 2.24. The molecule has 0 fully saturated rings. The number of fused-ring (bicyclic) bond motifs is 1. The van der Waals surface area contributed by atoms with Gasteiger partial charge >= 0.3 is 0 Å². The van der Waals surface area contributed by atoms with Gasteiger partial charge in [-0.25, -0.2) is 9.37 Å². The number of carbonyl (C=O) groups is 1. The van der Waals surface area contributed by atoms with Crippen LogP contribution in [0.15, 0.2) is 42.5 Å². The lowest BCUT2D eigenvalue weighted by Gasteiger charge is -2.02. The zero-order chi connectivity index (χ0) is 15.4. The van der Waals surface area contributed by atoms with Gasteiger partial charge in [0.05, 0.1) is 16.8 Å². The molecule has 0 spiro atoms. The SMILES string of the molecule is O=CCNc1cccc(/C=C/c2nc3cc(F)ccc3s2)c1. The number of anilines is 1. The summed E-state index contributed by atoms with van der Waals surface area (Å²) in [6.07, 6.45) is 4.67. The van der Waals surface area contributed by atoms with E-state index < -0.39 is 0 Å². The molecule has 1 N–H and O–H groups in total. The fourth-order valence-corrected chi connectivity index (χ4v) is 2.92. The molecule has 3 rings (SSSR count). The Labute approximate surface area is 131 Å². The van der Waals surface area contributed by atoms with Gasteiger partial charge in [-0.2, -0.15) is 0 Å². The highest BCUT2D eigenvalue weighted by atomic mass is 32.1. The number of halogens is 1. The molecule has 0 amide bonds. The van der Waals surface area contributed by atoms with Crippen LogP contribution in [0.1, 0.15) is 10.6 Å². The summed E-state index contributed by atoms with van der Waals surface area (Å²) in [6, 6.07) is 12.4. The lowest BCUT2D eigenvalue weighted by molar-refractivity contribution is -0.106. The van der Waals surface area contributed by atoms with Gasteiger partial charge in [0.15, 0.2) is 0 Å². The maximum Gasteiger partial charge on any atom is 0.139 e. The number of benzene rings is 2. The van der Waals surface area contributed by atoms with E-state index in [0.29, 0.717) is 5.52 Å². The Morgan fingerprint density at radius 1 is 1.18 bits per heavy atom. The molecular formula is C17H13FN2OS. The Hall–Kier alpha value is -2.53. The van der Waals surface area contributed by atoms with Crippen LogP contribution in [-0.2, 0) is 4.79 Å². The van der Waals surface area contributed by atoms with Crippen molar-refractivity contribution in [1.82, 2.24) is 4.98 Å². The molecule has 110 valence electrons. The van der Waals surface area contributed by atoms with Gasteiger partial charge in [0.1, 0.15) is 17.1 Å². The van der Waals surface area contributed by atoms with Crippen molar-refractivity contribution in [2.75, 3.05) is 11.9 Å². The first kappa shape index (κ1) is 14.4. The van der Waals surface area contributed by atoms with Gasteiger partial charge in [-0.3, -0.25) is 0 Å². The Morgan fingerprint density at radius 3 is 2.95 bits per heavy atom. The van der Waals surface area contributed by atoms with Crippen LogP contribution in [0, 0.1) is 5.82 Å². The van der Waals surface area contributed by atoms with Crippen LogP contribution < -0.4 is 5.32 Å². The van der Waals surface area contributed by atoms with E-state index in [1.807, 2.05) is 36.4 Å². The standard InChI is InChI=1S/C17H13FN2OS/c18-13-5-6-16-15(11-13)20-17(22-16)7-4-12-2-1-3-14(10-12)19-8-9-21/h1-7,9-11,19H,8H2/b7-4+. The van der Waals surface area contributed by atoms with Crippen molar-refractivity contribution in [1.29, 1.82) is 0 Å². The number of thiazole rings is 1. The Bertz CT molecular complexity index is 842. The lowest BCUT2D eigenvalue weighted by atomic mass is 10.2. The minimum atomic E-state index is -0.276. The largest absolute Gasteiger partial charge is 0.378 e. The van der Waals surface area contributed by atoms with Crippen LogP contribution in [0.2, 0.25) is 0 Å². The normalized spacial score (nSPS) is 11.1. The van der Waals surface area contributed by atoms with E-state index in [2.05, 4.69) is 10.3 Å². The van der Waals surface area contributed by atoms with Crippen molar-refractivity contribution < 1.29 is 9.18 Å². The molecule has 0 aliphatic heterocycles. The molecule has 1 heterocycles. The quantitative estimate of drug-likeness (QED) is 0.717. The monoisotopic (exact) mass is 312 g/mol. The van der Waals surface area contributed by atoms with Crippen LogP contribution in [0.5, 0.6) is 0 Å². The summed E-state index contributed by atoms with van der Waals surface area (Å²) < 4.78 is 14.1. The molecule has 0 saturated heterocycles. The molecule has 0 saturated carbocycles. The smallest absolute Gasteiger partial charge is 0.139 e. The summed E-state index contributed by atoms with van der Waals surface area (Å²) >= 11 is 1.52. The number of hydrogen-bond donors (Lipinski definition) is 1. The van der Waals surface area contributed by atoms with Crippen molar-refractivity contribution in [2.24, 2.45) is 0 Å². The number of hydrogen-bond acceptors (Lipinski definition) is 4. The molecule has 2 aromatic carbocycles. The second-order valence-corrected chi connectivity index (χ2v) is 5.73. The van der Waals surface area contributed by atoms with Crippen molar-refractivity contribution in [3.05, 3.63) is 58.9 Å². The minimum Gasteiger partial charge on any atom is -0.378 e. The molecule has 0 bridgehead atoms. The lowest BCUT2D eigenvalue weighted by Crippen LogP contribution is -2.01. The minimum absolute atomic E-state index is 0.276. The summed E-state index contributed by atoms with van der Waals surface area (Å²) in [7, 11) is 0. The van der Waals surface area contributed by atoms with E-state index in [4.69, 9.17) is 0 Å². The van der Waals surface area contributed by atoms with Crippen molar-refractivity contribution >= 4 is 45.7 Å². The van der Waals surface area contributed by atoms with E-state index in [-0.39, 0.29) is 12.4 Å². The average Bonchev–Trinajstić information content (AvgIpc) is 2.93. The predicted octanol–water partition coefficient (Wildman–Crippen LogP) is 4.22. The topological polar surface area (TPSA) is 42.0 Å². The predicted molar refractivity (Wildman–Crippen MR) is 89.5 cm³/mol. The van der Waals surface area contributed by atoms with Crippen molar-refractivity contribution in [2.45, 2.75) is 0 Å². The van der Waals surface area contributed by atoms with Crippen molar-refractivity contribution in [3.63, 3.8) is 0 Å². The molecule has 1 aromatic heterocycles. The first-order chi connectivity index (χ1) is 10.7. The molecule has 22 heavy (non-hydrogen) atoms. The molecule has 3 nitrogen and oxygen atoms in total. The first-order valence-electron chi connectivity index (χ1n) is 6.76. The van der Waals surface area contributed by atoms with E-state index in [1.165, 1.54) is 23.5 Å². The highest BCUT2D eigenvalue weighted by molar-refractivity contribution is 7.19. The number of nitrogens with zero attached hydrogens (tertiary/aromatic N) is 1. The maximum atomic E-state index is 13.2. The van der Waals surface area contributed by atoms with Gasteiger partial charge in [-0.05, 0) is 35.9 Å². The molecule has 0 aliphatic carbocycles. The first-order valence-corrected chi connectivity index (χ1v) is 7.58. The van der Waals surface area contributed by atoms with Gasteiger partial charge in [0.25, 0.3) is 0 Å². The molecule has 0 unspecified atom stereocenters. The Kier molecular flexibility index (Phi) is 4.25. The fourth-order valence-electron chi connectivity index (χ4n) is 2.07. The summed E-state index contributed by atoms with van der Waals surface area (Å²) in [5.74, 6) is -0.276. The Balaban J connectivity index is 1.81. The van der Waals surface area contributed by atoms with Crippen LogP contribution in [0.25, 0.3) is 22.4 Å². The highest BCUT2D eigenvalue weighted by Gasteiger charge is 2.02. The van der Waals surface area contributed by atoms with Crippen LogP contribution in [0.3, 0.4) is 0 Å². The molecular weight excluding hydrogens is 299 g/mol. The molecule has 5 heteroatoms. The fraction of sp³-hybridized carbons (Fsp3) is 0.0588. The van der Waals surface area contributed by atoms with Gasteiger partial charge in [0.2, 0.25) is 0 Å². The molecule has 0 aliphatic rings. The van der Waals surface area contributed by atoms with Crippen molar-refractivity contribution in [3.8, 4) is 0 Å². The zero-order valence-corrected chi connectivity index (χ0v) is 12.4. The van der Waals surface area contributed by atoms with Crippen LogP contribution in [0.4, 0.5) is 10.1 Å². The summed E-state index contributed by atoms with van der Waals surface area (Å²) in [4.78, 5) is 14.8. The van der Waals surface area contributed by atoms with Gasteiger partial charge < -0.3 is 10.1 Å². The number of nitrogens with one attached hydrogen (secondary N) is 1. The second-order valence-electron chi connectivity index (χ2n) is 4.67. The second kappa shape index (κ2) is 6.49. The number of aromatic nitrogens is 1. The number of rotatable bonds is 5. The van der Waals surface area contributed by atoms with Crippen LogP contribution >= 0.6 is 11.3 Å². The van der Waals surface area contributed by atoms with Crippen LogP contribution in [-0.4, -0.2) is 17.8 Å². The Morgan fingerprint density at radius 2 is 2.09 bits per heavy atom. The molecule has 0 atom stereocenters. The van der Waals surface area contributed by atoms with Gasteiger partial charge in [-0.1, -0.05) is 18.2 Å². The van der Waals surface area contributed by atoms with E-state index >= 15 is 0 Å². The third-order valence-corrected chi connectivity index (χ3v) is 4.06. The number of carbonyl (C=O) groups excluding carboxylic acids is 1. The average molecular weight is 312 g/mol. The molecule has 0 radical (unpaired) electrons. The van der Waals surface area contributed by atoms with Gasteiger partial charge in [0, 0.05) is 11.8 Å². The summed E-state index contributed by atoms with van der Waals surface area (Å²) in [5.41, 5.74) is 2.56. The van der Waals surface area contributed by atoms with E-state index in [0.717, 1.165) is 27.2 Å². The maximum absolute atomic E-state index is 13.2. The summed E-state index contributed by atoms with van der Waals surface area (Å²) in [6.45, 7) is 0.288. The van der Waals surface area contributed by atoms with Gasteiger partial charge in [-0.15, -0.1) is 11.3 Å². The van der Waals surface area contributed by atoms with E-state index in [9.17, 15) is 9.18 Å². The van der Waals surface area contributed by atoms with E-state index in [1.54, 1.807) is 6.07 Å². The zero-order valence-electron chi connectivity index (χ0n) is 11.6. The third-order valence-electron chi connectivity index (χ3n) is 3.06. The molecule has 3 aromatic rings. The number of aldehydes is 1.